The Morgan fingerprint density at radius 2 is 2.02 bits per heavy atom. The van der Waals surface area contributed by atoms with Crippen LogP contribution in [0.2, 0.25) is 0 Å². The number of rotatable bonds is 11. The summed E-state index contributed by atoms with van der Waals surface area (Å²) in [5, 5.41) is 13.3. The molecule has 3 aromatic rings. The van der Waals surface area contributed by atoms with E-state index in [0.717, 1.165) is 34.9 Å². The first-order chi connectivity index (χ1) is 20.1. The monoisotopic (exact) mass is 623 g/mol. The fourth-order valence-electron chi connectivity index (χ4n) is 4.52. The fourth-order valence-corrected chi connectivity index (χ4v) is 6.01. The molecule has 1 saturated heterocycles. The summed E-state index contributed by atoms with van der Waals surface area (Å²) in [4.78, 5) is 42.6. The van der Waals surface area contributed by atoms with Gasteiger partial charge >= 0.3 is 19.4 Å². The summed E-state index contributed by atoms with van der Waals surface area (Å²) < 4.78 is 54.4. The Labute approximate surface area is 246 Å². The fraction of sp³-hybridized carbons (Fsp3) is 0.481. The predicted octanol–water partition coefficient (Wildman–Crippen LogP) is 2.37. The molecular weight excluding hydrogens is 588 g/mol. The Bertz CT molecular complexity index is 1630. The van der Waals surface area contributed by atoms with E-state index in [2.05, 4.69) is 10.1 Å². The van der Waals surface area contributed by atoms with Crippen molar-refractivity contribution >= 4 is 13.7 Å². The summed E-state index contributed by atoms with van der Waals surface area (Å²) in [6.07, 6.45) is -0.832. The Morgan fingerprint density at radius 3 is 2.63 bits per heavy atom. The van der Waals surface area contributed by atoms with Gasteiger partial charge in [-0.3, -0.25) is 23.7 Å². The van der Waals surface area contributed by atoms with Crippen LogP contribution in [0, 0.1) is 6.92 Å². The van der Waals surface area contributed by atoms with E-state index in [-0.39, 0.29) is 5.75 Å². The minimum absolute atomic E-state index is 0.123. The number of aromatic nitrogens is 4. The number of H-pyrrole nitrogens is 1. The molecule has 3 heterocycles. The van der Waals surface area contributed by atoms with Gasteiger partial charge in [-0.05, 0) is 58.4 Å². The van der Waals surface area contributed by atoms with Crippen molar-refractivity contribution in [1.29, 1.82) is 0 Å². The summed E-state index contributed by atoms with van der Waals surface area (Å²) in [6.45, 7) is 6.86. The number of benzene rings is 1. The van der Waals surface area contributed by atoms with Gasteiger partial charge < -0.3 is 23.7 Å². The van der Waals surface area contributed by atoms with Gasteiger partial charge in [-0.25, -0.2) is 18.7 Å². The molecule has 1 aliphatic heterocycles. The van der Waals surface area contributed by atoms with E-state index in [9.17, 15) is 24.1 Å². The number of hydrogen-bond donors (Lipinski definition) is 3. The van der Waals surface area contributed by atoms with Gasteiger partial charge in [-0.2, -0.15) is 5.09 Å². The Morgan fingerprint density at radius 1 is 1.30 bits per heavy atom. The number of aromatic amines is 1. The molecule has 0 aliphatic carbocycles. The number of ether oxygens (including phenoxy) is 2. The van der Waals surface area contributed by atoms with Gasteiger partial charge in [0.05, 0.1) is 24.7 Å². The minimum Gasteiger partial charge on any atom is -0.462 e. The highest BCUT2D eigenvalue weighted by Gasteiger charge is 2.56. The molecule has 4 rings (SSSR count). The van der Waals surface area contributed by atoms with Crippen molar-refractivity contribution in [2.24, 2.45) is 7.05 Å². The SMILES string of the molecule is Cc1cc(OP(=O)(N[C@@H](C)C(=O)OC(C)C)OC[C@H]2O[C@@H](n3ccc(=O)[nH]c3=O)[C@](C)(F)[C@@H]2O)ccc1-c1cn(C)cn1. The number of esters is 1. The first-order valence-corrected chi connectivity index (χ1v) is 15.0. The van der Waals surface area contributed by atoms with Crippen LogP contribution in [0.5, 0.6) is 5.75 Å². The van der Waals surface area contributed by atoms with E-state index in [0.29, 0.717) is 5.69 Å². The predicted molar refractivity (Wildman–Crippen MR) is 152 cm³/mol. The zero-order valence-corrected chi connectivity index (χ0v) is 25.4. The maximum atomic E-state index is 15.6. The number of carbonyl (C=O) groups excluding carboxylic acids is 1. The largest absolute Gasteiger partial charge is 0.462 e. The lowest BCUT2D eigenvalue weighted by Crippen LogP contribution is -2.43. The van der Waals surface area contributed by atoms with Crippen LogP contribution in [-0.2, 0) is 30.4 Å². The maximum absolute atomic E-state index is 15.6. The lowest BCUT2D eigenvalue weighted by Gasteiger charge is -2.25. The number of aliphatic hydroxyl groups is 1. The number of nitrogens with zero attached hydrogens (tertiary/aromatic N) is 3. The molecule has 1 aliphatic rings. The van der Waals surface area contributed by atoms with Crippen molar-refractivity contribution in [3.05, 3.63) is 69.4 Å². The summed E-state index contributed by atoms with van der Waals surface area (Å²) in [5.41, 5.74) is -1.90. The number of hydrogen-bond acceptors (Lipinski definition) is 10. The van der Waals surface area contributed by atoms with Crippen LogP contribution in [0.4, 0.5) is 4.39 Å². The number of aliphatic hydroxyl groups excluding tert-OH is 1. The lowest BCUT2D eigenvalue weighted by atomic mass is 9.98. The molecule has 0 saturated carbocycles. The number of halogens is 1. The smallest absolute Gasteiger partial charge is 0.459 e. The third-order valence-electron chi connectivity index (χ3n) is 6.69. The van der Waals surface area contributed by atoms with Crippen LogP contribution in [0.25, 0.3) is 11.3 Å². The summed E-state index contributed by atoms with van der Waals surface area (Å²) in [6, 6.07) is 4.72. The van der Waals surface area contributed by atoms with E-state index >= 15 is 4.39 Å². The van der Waals surface area contributed by atoms with Gasteiger partial charge in [-0.15, -0.1) is 0 Å². The van der Waals surface area contributed by atoms with E-state index in [1.807, 2.05) is 25.2 Å². The number of carbonyl (C=O) groups is 1. The van der Waals surface area contributed by atoms with Crippen molar-refractivity contribution in [1.82, 2.24) is 24.2 Å². The number of aryl methyl sites for hydroxylation is 2. The standard InChI is InChI=1S/C27H35FN5O9P/c1-15(2)40-24(36)17(4)31-43(38,42-18-7-8-19(16(3)11-18)20-12-32(6)14-29-20)39-13-21-23(35)27(5,28)25(41-21)33-10-9-22(34)30-26(33)37/h7-12,14-15,17,21,23,25,35H,13H2,1-6H3,(H,31,38)(H,30,34,37)/t17-,21+,23+,25+,27+,43?/m0/s1. The Hall–Kier alpha value is -3.62. The molecule has 0 bridgehead atoms. The van der Waals surface area contributed by atoms with Crippen molar-refractivity contribution in [2.45, 2.75) is 70.9 Å². The molecule has 2 aromatic heterocycles. The van der Waals surface area contributed by atoms with Crippen LogP contribution in [0.1, 0.15) is 39.5 Å². The third kappa shape index (κ3) is 7.31. The normalized spacial score (nSPS) is 24.1. The molecule has 234 valence electrons. The molecule has 3 N–H and O–H groups in total. The topological polar surface area (TPSA) is 176 Å². The van der Waals surface area contributed by atoms with E-state index in [4.69, 9.17) is 18.5 Å². The molecule has 1 unspecified atom stereocenters. The van der Waals surface area contributed by atoms with Gasteiger partial charge in [0.2, 0.25) is 0 Å². The van der Waals surface area contributed by atoms with Crippen LogP contribution in [-0.4, -0.2) is 66.8 Å². The quantitative estimate of drug-likeness (QED) is 0.211. The molecule has 16 heteroatoms. The second-order valence-electron chi connectivity index (χ2n) is 10.8. The lowest BCUT2D eigenvalue weighted by molar-refractivity contribution is -0.149. The summed E-state index contributed by atoms with van der Waals surface area (Å²) in [7, 11) is -2.59. The van der Waals surface area contributed by atoms with Crippen LogP contribution >= 0.6 is 7.75 Å². The minimum atomic E-state index is -4.43. The van der Waals surface area contributed by atoms with E-state index < -0.39 is 67.8 Å². The highest BCUT2D eigenvalue weighted by Crippen LogP contribution is 2.48. The molecule has 1 aromatic carbocycles. The van der Waals surface area contributed by atoms with Crippen LogP contribution in [0.3, 0.4) is 0 Å². The molecule has 0 amide bonds. The molecule has 6 atom stereocenters. The van der Waals surface area contributed by atoms with Crippen LogP contribution < -0.4 is 20.9 Å². The Kier molecular flexibility index (Phi) is 9.42. The van der Waals surface area contributed by atoms with Crippen LogP contribution in [0.15, 0.2) is 52.6 Å². The van der Waals surface area contributed by atoms with Gasteiger partial charge in [-0.1, -0.05) is 0 Å². The molecule has 0 spiro atoms. The number of imidazole rings is 1. The highest BCUT2D eigenvalue weighted by atomic mass is 31.2. The highest BCUT2D eigenvalue weighted by molar-refractivity contribution is 7.52. The first-order valence-electron chi connectivity index (χ1n) is 13.4. The maximum Gasteiger partial charge on any atom is 0.459 e. The molecular formula is C27H35FN5O9P. The van der Waals surface area contributed by atoms with Gasteiger partial charge in [0.1, 0.15) is 24.0 Å². The summed E-state index contributed by atoms with van der Waals surface area (Å²) in [5.74, 6) is -0.603. The van der Waals surface area contributed by atoms with E-state index in [1.54, 1.807) is 42.9 Å². The zero-order chi connectivity index (χ0) is 31.7. The van der Waals surface area contributed by atoms with Gasteiger partial charge in [0, 0.05) is 31.1 Å². The van der Waals surface area contributed by atoms with Crippen molar-refractivity contribution in [2.75, 3.05) is 6.61 Å². The second-order valence-corrected chi connectivity index (χ2v) is 12.5. The van der Waals surface area contributed by atoms with Crippen molar-refractivity contribution in [3.63, 3.8) is 0 Å². The average Bonchev–Trinajstić information content (AvgIpc) is 3.43. The van der Waals surface area contributed by atoms with Gasteiger partial charge in [0.25, 0.3) is 5.56 Å². The summed E-state index contributed by atoms with van der Waals surface area (Å²) >= 11 is 0. The molecule has 1 fully saturated rings. The van der Waals surface area contributed by atoms with Crippen molar-refractivity contribution in [3.8, 4) is 17.0 Å². The molecule has 14 nitrogen and oxygen atoms in total. The van der Waals surface area contributed by atoms with E-state index in [1.165, 1.54) is 6.92 Å². The third-order valence-corrected chi connectivity index (χ3v) is 8.33. The Balaban J connectivity index is 1.57. The average molecular weight is 624 g/mol. The molecule has 0 radical (unpaired) electrons. The molecule has 43 heavy (non-hydrogen) atoms. The second kappa shape index (κ2) is 12.5. The number of nitrogens with one attached hydrogen (secondary N) is 2. The first kappa shape index (κ1) is 32.3. The van der Waals surface area contributed by atoms with Crippen molar-refractivity contribution < 1.29 is 37.4 Å². The van der Waals surface area contributed by atoms with Gasteiger partial charge in [0.15, 0.2) is 11.9 Å². The zero-order valence-electron chi connectivity index (χ0n) is 24.5. The number of alkyl halides is 1.